The van der Waals surface area contributed by atoms with Crippen molar-refractivity contribution in [2.45, 2.75) is 20.5 Å². The molecule has 0 unspecified atom stereocenters. The predicted molar refractivity (Wildman–Crippen MR) is 182 cm³/mol. The molecule has 2 aromatic heterocycles. The van der Waals surface area contributed by atoms with Crippen LogP contribution in [0.15, 0.2) is 126 Å². The number of nitrogens with one attached hydrogen (secondary N) is 1. The molecule has 2 heterocycles. The summed E-state index contributed by atoms with van der Waals surface area (Å²) < 4.78 is 10.8. The summed E-state index contributed by atoms with van der Waals surface area (Å²) in [4.78, 5) is 26.9. The fraction of sp³-hybridized carbons (Fsp3) is 0.105. The molecule has 0 aliphatic carbocycles. The summed E-state index contributed by atoms with van der Waals surface area (Å²) in [6.45, 7) is 4.22. The maximum atomic E-state index is 13.5. The Morgan fingerprint density at radius 1 is 0.894 bits per heavy atom. The molecule has 6 aromatic rings. The van der Waals surface area contributed by atoms with Gasteiger partial charge in [0.1, 0.15) is 29.7 Å². The van der Waals surface area contributed by atoms with Crippen molar-refractivity contribution < 1.29 is 9.53 Å². The van der Waals surface area contributed by atoms with E-state index in [4.69, 9.17) is 9.84 Å². The Balaban J connectivity index is 1.31. The molecule has 4 aromatic carbocycles. The lowest BCUT2D eigenvalue weighted by atomic mass is 10.1. The zero-order valence-corrected chi connectivity index (χ0v) is 26.2. The number of hydrogen-bond acceptors (Lipinski definition) is 5. The van der Waals surface area contributed by atoms with Gasteiger partial charge in [0.15, 0.2) is 0 Å². The molecule has 232 valence electrons. The fourth-order valence-corrected chi connectivity index (χ4v) is 5.19. The van der Waals surface area contributed by atoms with Gasteiger partial charge in [-0.05, 0) is 74.0 Å². The number of nitriles is 1. The van der Waals surface area contributed by atoms with Gasteiger partial charge in [0.25, 0.3) is 11.5 Å². The van der Waals surface area contributed by atoms with E-state index in [1.54, 1.807) is 29.5 Å². The van der Waals surface area contributed by atoms with Crippen LogP contribution in [0.5, 0.6) is 5.75 Å². The number of hydrogen-bond donors (Lipinski definition) is 1. The summed E-state index contributed by atoms with van der Waals surface area (Å²) >= 11 is 0. The van der Waals surface area contributed by atoms with Crippen molar-refractivity contribution in [1.29, 1.82) is 5.26 Å². The summed E-state index contributed by atoms with van der Waals surface area (Å²) in [5, 5.41) is 17.6. The number of carbonyl (C=O) groups is 1. The molecule has 0 saturated heterocycles. The SMILES string of the molecule is Cc1ccc(COc2ccc(-c3nn(-c4ccccc4)cc3C=C(C#N)C(=O)Nc3c(C)n(C)n(-c4ccccc4)c3=O)cc2)cc1. The highest BCUT2D eigenvalue weighted by Gasteiger charge is 2.21. The van der Waals surface area contributed by atoms with Crippen molar-refractivity contribution in [2.24, 2.45) is 7.05 Å². The Morgan fingerprint density at radius 2 is 1.53 bits per heavy atom. The maximum Gasteiger partial charge on any atom is 0.295 e. The van der Waals surface area contributed by atoms with Gasteiger partial charge < -0.3 is 10.1 Å². The van der Waals surface area contributed by atoms with Crippen molar-refractivity contribution in [3.8, 4) is 34.5 Å². The summed E-state index contributed by atoms with van der Waals surface area (Å²) in [5.74, 6) is 0.00201. The van der Waals surface area contributed by atoms with Gasteiger partial charge in [-0.3, -0.25) is 14.3 Å². The predicted octanol–water partition coefficient (Wildman–Crippen LogP) is 6.77. The minimum atomic E-state index is -0.697. The van der Waals surface area contributed by atoms with Crippen LogP contribution < -0.4 is 15.6 Å². The summed E-state index contributed by atoms with van der Waals surface area (Å²) in [7, 11) is 1.74. The van der Waals surface area contributed by atoms with Crippen LogP contribution in [0.1, 0.15) is 22.4 Å². The number of ether oxygens (including phenoxy) is 1. The van der Waals surface area contributed by atoms with Crippen LogP contribution in [0.4, 0.5) is 5.69 Å². The fourth-order valence-electron chi connectivity index (χ4n) is 5.19. The molecule has 0 aliphatic heterocycles. The minimum Gasteiger partial charge on any atom is -0.489 e. The molecule has 9 heteroatoms. The number of carbonyl (C=O) groups excluding carboxylic acids is 1. The maximum absolute atomic E-state index is 13.5. The van der Waals surface area contributed by atoms with E-state index in [0.717, 1.165) is 16.8 Å². The highest BCUT2D eigenvalue weighted by molar-refractivity contribution is 6.10. The third kappa shape index (κ3) is 6.53. The minimum absolute atomic E-state index is 0.101. The Bertz CT molecular complexity index is 2170. The molecule has 0 bridgehead atoms. The number of aryl methyl sites for hydroxylation is 1. The van der Waals surface area contributed by atoms with Crippen LogP contribution in [-0.4, -0.2) is 25.1 Å². The van der Waals surface area contributed by atoms with E-state index >= 15 is 0 Å². The van der Waals surface area contributed by atoms with E-state index in [-0.39, 0.29) is 11.3 Å². The lowest BCUT2D eigenvalue weighted by Gasteiger charge is -2.08. The van der Waals surface area contributed by atoms with Crippen LogP contribution in [0.2, 0.25) is 0 Å². The normalized spacial score (nSPS) is 11.2. The van der Waals surface area contributed by atoms with E-state index in [1.807, 2.05) is 110 Å². The third-order valence-corrected chi connectivity index (χ3v) is 7.87. The molecule has 0 aliphatic rings. The van der Waals surface area contributed by atoms with Crippen LogP contribution in [0.3, 0.4) is 0 Å². The number of amides is 1. The molecule has 0 spiro atoms. The molecule has 0 radical (unpaired) electrons. The second-order valence-electron chi connectivity index (χ2n) is 11.1. The Labute approximate surface area is 272 Å². The first-order valence-electron chi connectivity index (χ1n) is 15.0. The number of rotatable bonds is 9. The van der Waals surface area contributed by atoms with Gasteiger partial charge in [0.2, 0.25) is 0 Å². The summed E-state index contributed by atoms with van der Waals surface area (Å²) in [6, 6.07) is 36.4. The Morgan fingerprint density at radius 3 is 2.17 bits per heavy atom. The molecule has 47 heavy (non-hydrogen) atoms. The number of nitrogens with zero attached hydrogens (tertiary/aromatic N) is 5. The third-order valence-electron chi connectivity index (χ3n) is 7.87. The van der Waals surface area contributed by atoms with Gasteiger partial charge in [-0.15, -0.1) is 0 Å². The first kappa shape index (κ1) is 30.6. The van der Waals surface area contributed by atoms with Gasteiger partial charge in [-0.2, -0.15) is 10.4 Å². The molecular weight excluding hydrogens is 588 g/mol. The highest BCUT2D eigenvalue weighted by atomic mass is 16.5. The molecule has 1 N–H and O–H groups in total. The average molecular weight is 621 g/mol. The standard InChI is InChI=1S/C38H32N6O3/c1-26-14-16-28(17-15-26)25-47-34-20-18-29(19-21-34)36-31(24-43(41-36)32-10-6-4-7-11-32)22-30(23-39)37(45)40-35-27(2)42(3)44(38(35)46)33-12-8-5-9-13-33/h4-22,24H,25H2,1-3H3,(H,40,45). The van der Waals surface area contributed by atoms with E-state index in [1.165, 1.54) is 16.3 Å². The monoisotopic (exact) mass is 620 g/mol. The zero-order chi connectivity index (χ0) is 32.9. The quantitative estimate of drug-likeness (QED) is 0.142. The smallest absolute Gasteiger partial charge is 0.295 e. The Kier molecular flexibility index (Phi) is 8.67. The molecule has 0 saturated carbocycles. The summed E-state index contributed by atoms with van der Waals surface area (Å²) in [6.07, 6.45) is 3.26. The number of aromatic nitrogens is 4. The Hall–Kier alpha value is -6.40. The van der Waals surface area contributed by atoms with Crippen LogP contribution >= 0.6 is 0 Å². The van der Waals surface area contributed by atoms with Crippen LogP contribution in [0.25, 0.3) is 28.7 Å². The first-order valence-corrected chi connectivity index (χ1v) is 15.0. The average Bonchev–Trinajstić information content (AvgIpc) is 3.62. The van der Waals surface area contributed by atoms with Crippen molar-refractivity contribution in [1.82, 2.24) is 19.1 Å². The lowest BCUT2D eigenvalue weighted by molar-refractivity contribution is -0.112. The number of anilines is 1. The second-order valence-corrected chi connectivity index (χ2v) is 11.1. The number of benzene rings is 4. The van der Waals surface area contributed by atoms with Crippen molar-refractivity contribution in [2.75, 3.05) is 5.32 Å². The van der Waals surface area contributed by atoms with Crippen molar-refractivity contribution >= 4 is 17.7 Å². The van der Waals surface area contributed by atoms with E-state index in [0.29, 0.717) is 35.0 Å². The first-order chi connectivity index (χ1) is 22.8. The van der Waals surface area contributed by atoms with Gasteiger partial charge in [-0.25, -0.2) is 9.36 Å². The topological polar surface area (TPSA) is 107 Å². The largest absolute Gasteiger partial charge is 0.489 e. The molecule has 0 fully saturated rings. The molecule has 1 amide bonds. The van der Waals surface area contributed by atoms with Crippen LogP contribution in [0, 0.1) is 25.2 Å². The van der Waals surface area contributed by atoms with Crippen LogP contribution in [-0.2, 0) is 18.4 Å². The second kappa shape index (κ2) is 13.3. The van der Waals surface area contributed by atoms with E-state index < -0.39 is 11.5 Å². The lowest BCUT2D eigenvalue weighted by Crippen LogP contribution is -2.23. The number of para-hydroxylation sites is 2. The van der Waals surface area contributed by atoms with Crippen molar-refractivity contribution in [3.63, 3.8) is 0 Å². The molecular formula is C38H32N6O3. The van der Waals surface area contributed by atoms with Gasteiger partial charge in [0, 0.05) is 24.4 Å². The molecule has 6 rings (SSSR count). The highest BCUT2D eigenvalue weighted by Crippen LogP contribution is 2.28. The van der Waals surface area contributed by atoms with Gasteiger partial charge >= 0.3 is 0 Å². The molecule has 9 nitrogen and oxygen atoms in total. The zero-order valence-electron chi connectivity index (χ0n) is 26.2. The van der Waals surface area contributed by atoms with Gasteiger partial charge in [0.05, 0.1) is 22.8 Å². The van der Waals surface area contributed by atoms with Crippen molar-refractivity contribution in [3.05, 3.63) is 154 Å². The summed E-state index contributed by atoms with van der Waals surface area (Å²) in [5.41, 5.74) is 5.71. The van der Waals surface area contributed by atoms with Gasteiger partial charge in [-0.1, -0.05) is 66.2 Å². The van der Waals surface area contributed by atoms with E-state index in [2.05, 4.69) is 17.4 Å². The molecule has 0 atom stereocenters. The van der Waals surface area contributed by atoms with E-state index in [9.17, 15) is 14.9 Å².